The summed E-state index contributed by atoms with van der Waals surface area (Å²) in [5.74, 6) is 0.414. The van der Waals surface area contributed by atoms with Crippen LogP contribution < -0.4 is 4.90 Å². The van der Waals surface area contributed by atoms with Gasteiger partial charge in [-0.25, -0.2) is 14.8 Å². The average Bonchev–Trinajstić information content (AvgIpc) is 2.64. The number of carbonyl (C=O) groups excluding carboxylic acids is 1. The molecule has 0 bridgehead atoms. The fourth-order valence-electron chi connectivity index (χ4n) is 2.92. The molecule has 0 N–H and O–H groups in total. The molecule has 1 aliphatic rings. The van der Waals surface area contributed by atoms with E-state index < -0.39 is 6.04 Å². The molecule has 1 aliphatic heterocycles. The lowest BCUT2D eigenvalue weighted by atomic mass is 10.0. The Morgan fingerprint density at radius 2 is 1.79 bits per heavy atom. The summed E-state index contributed by atoms with van der Waals surface area (Å²) in [5.41, 5.74) is 0.774. The highest BCUT2D eigenvalue weighted by Crippen LogP contribution is 2.29. The molecule has 0 amide bonds. The minimum atomic E-state index is -0.498. The third kappa shape index (κ3) is 3.49. The summed E-state index contributed by atoms with van der Waals surface area (Å²) in [5, 5.41) is 0.571. The van der Waals surface area contributed by atoms with Gasteiger partial charge in [0.2, 0.25) is 5.95 Å². The van der Waals surface area contributed by atoms with Gasteiger partial charge in [-0.15, -0.1) is 0 Å². The predicted octanol–water partition coefficient (Wildman–Crippen LogP) is 2.17. The quantitative estimate of drug-likeness (QED) is 0.791. The maximum absolute atomic E-state index is 12.4. The van der Waals surface area contributed by atoms with Gasteiger partial charge in [0.15, 0.2) is 0 Å². The Kier molecular flexibility index (Phi) is 5.27. The summed E-state index contributed by atoms with van der Waals surface area (Å²) in [6.07, 6.45) is 3.46. The largest absolute Gasteiger partial charge is 0.468 e. The van der Waals surface area contributed by atoms with Crippen molar-refractivity contribution in [1.82, 2.24) is 14.9 Å². The molecule has 1 saturated heterocycles. The molecule has 24 heavy (non-hydrogen) atoms. The van der Waals surface area contributed by atoms with Crippen molar-refractivity contribution in [3.05, 3.63) is 53.3 Å². The van der Waals surface area contributed by atoms with Gasteiger partial charge in [0.05, 0.1) is 7.11 Å². The molecule has 1 aromatic heterocycles. The van der Waals surface area contributed by atoms with Crippen LogP contribution in [0.4, 0.5) is 5.95 Å². The molecule has 1 fully saturated rings. The third-order valence-electron chi connectivity index (χ3n) is 4.14. The van der Waals surface area contributed by atoms with Crippen molar-refractivity contribution in [2.45, 2.75) is 6.04 Å². The molecule has 2 aromatic rings. The molecular weight excluding hydrogens is 328 g/mol. The van der Waals surface area contributed by atoms with E-state index >= 15 is 0 Å². The van der Waals surface area contributed by atoms with Crippen molar-refractivity contribution in [3.8, 4) is 0 Å². The lowest BCUT2D eigenvalue weighted by molar-refractivity contribution is -0.147. The van der Waals surface area contributed by atoms with Crippen LogP contribution >= 0.6 is 11.6 Å². The molecular formula is C17H19ClN4O2. The highest BCUT2D eigenvalue weighted by atomic mass is 35.5. The summed E-state index contributed by atoms with van der Waals surface area (Å²) >= 11 is 6.30. The Labute approximate surface area is 146 Å². The molecule has 0 unspecified atom stereocenters. The molecule has 0 saturated carbocycles. The van der Waals surface area contributed by atoms with Crippen LogP contribution in [-0.2, 0) is 9.53 Å². The van der Waals surface area contributed by atoms with Gasteiger partial charge < -0.3 is 9.64 Å². The second-order valence-electron chi connectivity index (χ2n) is 5.52. The van der Waals surface area contributed by atoms with Gasteiger partial charge in [-0.2, -0.15) is 0 Å². The molecule has 7 heteroatoms. The number of hydrogen-bond acceptors (Lipinski definition) is 6. The van der Waals surface area contributed by atoms with Crippen LogP contribution in [0.1, 0.15) is 11.6 Å². The zero-order chi connectivity index (χ0) is 16.9. The number of nitrogens with zero attached hydrogens (tertiary/aromatic N) is 4. The summed E-state index contributed by atoms with van der Waals surface area (Å²) in [7, 11) is 1.40. The number of aromatic nitrogens is 2. The van der Waals surface area contributed by atoms with Crippen molar-refractivity contribution in [1.29, 1.82) is 0 Å². The number of benzene rings is 1. The first-order chi connectivity index (χ1) is 11.7. The van der Waals surface area contributed by atoms with E-state index in [0.717, 1.165) is 18.7 Å². The van der Waals surface area contributed by atoms with Crippen LogP contribution in [0, 0.1) is 0 Å². The Balaban J connectivity index is 1.76. The molecule has 3 rings (SSSR count). The molecule has 0 spiro atoms. The summed E-state index contributed by atoms with van der Waals surface area (Å²) < 4.78 is 5.01. The number of rotatable bonds is 4. The van der Waals surface area contributed by atoms with E-state index in [1.165, 1.54) is 7.11 Å². The molecule has 0 radical (unpaired) electrons. The lowest BCUT2D eigenvalue weighted by Crippen LogP contribution is -2.50. The Morgan fingerprint density at radius 3 is 2.42 bits per heavy atom. The first-order valence-corrected chi connectivity index (χ1v) is 8.17. The van der Waals surface area contributed by atoms with Gasteiger partial charge in [-0.3, -0.25) is 4.90 Å². The first-order valence-electron chi connectivity index (χ1n) is 7.79. The second-order valence-corrected chi connectivity index (χ2v) is 5.93. The van der Waals surface area contributed by atoms with Crippen molar-refractivity contribution in [3.63, 3.8) is 0 Å². The standard InChI is InChI=1S/C17H19ClN4O2/c1-24-16(23)15(13-5-2-3-6-14(13)18)21-9-11-22(12-10-21)17-19-7-4-8-20-17/h2-8,15H,9-12H2,1H3/t15-/m0/s1. The van der Waals surface area contributed by atoms with Gasteiger partial charge in [-0.05, 0) is 17.7 Å². The van der Waals surface area contributed by atoms with Gasteiger partial charge in [0.1, 0.15) is 6.04 Å². The number of ether oxygens (including phenoxy) is 1. The SMILES string of the molecule is COC(=O)[C@H](c1ccccc1Cl)N1CCN(c2ncccn2)CC1. The van der Waals surface area contributed by atoms with Gasteiger partial charge >= 0.3 is 5.97 Å². The van der Waals surface area contributed by atoms with E-state index in [2.05, 4.69) is 19.8 Å². The summed E-state index contributed by atoms with van der Waals surface area (Å²) in [4.78, 5) is 25.1. The normalized spacial score (nSPS) is 16.7. The highest BCUT2D eigenvalue weighted by Gasteiger charge is 2.32. The van der Waals surface area contributed by atoms with Crippen LogP contribution in [0.25, 0.3) is 0 Å². The van der Waals surface area contributed by atoms with Crippen LogP contribution in [0.3, 0.4) is 0 Å². The van der Waals surface area contributed by atoms with Crippen molar-refractivity contribution >= 4 is 23.5 Å². The molecule has 6 nitrogen and oxygen atoms in total. The summed E-state index contributed by atoms with van der Waals surface area (Å²) in [6.45, 7) is 2.87. The molecule has 126 valence electrons. The van der Waals surface area contributed by atoms with Crippen molar-refractivity contribution in [2.24, 2.45) is 0 Å². The number of esters is 1. The van der Waals surface area contributed by atoms with E-state index in [0.29, 0.717) is 24.1 Å². The number of halogens is 1. The van der Waals surface area contributed by atoms with Gasteiger partial charge in [0, 0.05) is 43.6 Å². The van der Waals surface area contributed by atoms with Gasteiger partial charge in [-0.1, -0.05) is 29.8 Å². The minimum Gasteiger partial charge on any atom is -0.468 e. The molecule has 1 aromatic carbocycles. The first kappa shape index (κ1) is 16.7. The predicted molar refractivity (Wildman–Crippen MR) is 92.0 cm³/mol. The summed E-state index contributed by atoms with van der Waals surface area (Å²) in [6, 6.07) is 8.69. The highest BCUT2D eigenvalue weighted by molar-refractivity contribution is 6.31. The Morgan fingerprint density at radius 1 is 1.12 bits per heavy atom. The fourth-order valence-corrected chi connectivity index (χ4v) is 3.15. The monoisotopic (exact) mass is 346 g/mol. The van der Waals surface area contributed by atoms with Crippen LogP contribution in [0.15, 0.2) is 42.7 Å². The Bertz CT molecular complexity index is 690. The number of methoxy groups -OCH3 is 1. The Hall–Kier alpha value is -2.18. The molecule has 2 heterocycles. The maximum atomic E-state index is 12.4. The van der Waals surface area contributed by atoms with E-state index in [1.807, 2.05) is 18.2 Å². The van der Waals surface area contributed by atoms with E-state index in [-0.39, 0.29) is 5.97 Å². The smallest absolute Gasteiger partial charge is 0.327 e. The number of anilines is 1. The zero-order valence-corrected chi connectivity index (χ0v) is 14.2. The zero-order valence-electron chi connectivity index (χ0n) is 13.4. The number of carbonyl (C=O) groups is 1. The van der Waals surface area contributed by atoms with Gasteiger partial charge in [0.25, 0.3) is 0 Å². The minimum absolute atomic E-state index is 0.299. The second kappa shape index (κ2) is 7.59. The van der Waals surface area contributed by atoms with E-state index in [1.54, 1.807) is 24.5 Å². The third-order valence-corrected chi connectivity index (χ3v) is 4.48. The molecule has 0 aliphatic carbocycles. The topological polar surface area (TPSA) is 58.6 Å². The van der Waals surface area contributed by atoms with Crippen molar-refractivity contribution < 1.29 is 9.53 Å². The van der Waals surface area contributed by atoms with Crippen LogP contribution in [0.2, 0.25) is 5.02 Å². The molecule has 1 atom stereocenters. The average molecular weight is 347 g/mol. The fraction of sp³-hybridized carbons (Fsp3) is 0.353. The number of hydrogen-bond donors (Lipinski definition) is 0. The number of piperazine rings is 1. The van der Waals surface area contributed by atoms with Crippen LogP contribution in [-0.4, -0.2) is 54.1 Å². The van der Waals surface area contributed by atoms with Crippen LogP contribution in [0.5, 0.6) is 0 Å². The lowest BCUT2D eigenvalue weighted by Gasteiger charge is -2.38. The van der Waals surface area contributed by atoms with Crippen molar-refractivity contribution in [2.75, 3.05) is 38.2 Å². The van der Waals surface area contributed by atoms with E-state index in [9.17, 15) is 4.79 Å². The maximum Gasteiger partial charge on any atom is 0.327 e. The van der Waals surface area contributed by atoms with E-state index in [4.69, 9.17) is 16.3 Å².